The molecule has 2 N–H and O–H groups in total. The van der Waals surface area contributed by atoms with Crippen LogP contribution in [0.25, 0.3) is 33.5 Å². The number of aromatic amines is 1. The Kier molecular flexibility index (Phi) is 4.26. The number of nitrogens with zero attached hydrogens (tertiary/aromatic N) is 1. The molecular formula is C22H15FN2O2. The second kappa shape index (κ2) is 6.88. The molecule has 4 rings (SSSR count). The van der Waals surface area contributed by atoms with Crippen molar-refractivity contribution in [1.29, 1.82) is 0 Å². The molecule has 0 fully saturated rings. The van der Waals surface area contributed by atoms with Crippen LogP contribution in [0.1, 0.15) is 10.4 Å². The summed E-state index contributed by atoms with van der Waals surface area (Å²) in [5.41, 5.74) is 5.35. The van der Waals surface area contributed by atoms with Gasteiger partial charge in [0.25, 0.3) is 0 Å². The van der Waals surface area contributed by atoms with Crippen LogP contribution in [0.5, 0.6) is 0 Å². The fourth-order valence-corrected chi connectivity index (χ4v) is 3.15. The van der Waals surface area contributed by atoms with Gasteiger partial charge in [-0.2, -0.15) is 0 Å². The van der Waals surface area contributed by atoms with Crippen LogP contribution in [0.4, 0.5) is 4.39 Å². The number of carboxylic acids is 1. The van der Waals surface area contributed by atoms with Crippen molar-refractivity contribution in [3.63, 3.8) is 0 Å². The molecule has 0 bridgehead atoms. The summed E-state index contributed by atoms with van der Waals surface area (Å²) in [4.78, 5) is 18.4. The summed E-state index contributed by atoms with van der Waals surface area (Å²) in [7, 11) is 0. The number of aromatic carboxylic acids is 1. The van der Waals surface area contributed by atoms with E-state index in [4.69, 9.17) is 0 Å². The summed E-state index contributed by atoms with van der Waals surface area (Å²) in [6.07, 6.45) is 4.90. The molecular weight excluding hydrogens is 343 g/mol. The number of carboxylic acid groups (broad SMARTS) is 1. The summed E-state index contributed by atoms with van der Waals surface area (Å²) in [6.45, 7) is 0. The molecule has 5 heteroatoms. The Hall–Kier alpha value is -3.73. The van der Waals surface area contributed by atoms with Gasteiger partial charge in [-0.15, -0.1) is 0 Å². The molecule has 0 radical (unpaired) electrons. The van der Waals surface area contributed by atoms with E-state index in [0.717, 1.165) is 27.8 Å². The van der Waals surface area contributed by atoms with Gasteiger partial charge in [-0.3, -0.25) is 4.98 Å². The van der Waals surface area contributed by atoms with Gasteiger partial charge in [0.15, 0.2) is 0 Å². The van der Waals surface area contributed by atoms with Crippen molar-refractivity contribution in [2.75, 3.05) is 0 Å². The molecule has 0 aliphatic heterocycles. The molecule has 2 heterocycles. The maximum absolute atomic E-state index is 13.5. The Bertz CT molecular complexity index is 1100. The number of hydrogen-bond donors (Lipinski definition) is 2. The summed E-state index contributed by atoms with van der Waals surface area (Å²) in [6, 6.07) is 17.5. The van der Waals surface area contributed by atoms with Crippen molar-refractivity contribution < 1.29 is 14.3 Å². The molecule has 0 aliphatic carbocycles. The number of halogens is 1. The van der Waals surface area contributed by atoms with Crippen LogP contribution in [0.15, 0.2) is 79.3 Å². The lowest BCUT2D eigenvalue weighted by Crippen LogP contribution is -1.92. The summed E-state index contributed by atoms with van der Waals surface area (Å²) in [5, 5.41) is 9.23. The van der Waals surface area contributed by atoms with E-state index < -0.39 is 5.97 Å². The van der Waals surface area contributed by atoms with Gasteiger partial charge in [0.1, 0.15) is 5.82 Å². The normalized spacial score (nSPS) is 10.7. The van der Waals surface area contributed by atoms with Gasteiger partial charge in [-0.05, 0) is 52.6 Å². The number of H-pyrrole nitrogens is 1. The minimum Gasteiger partial charge on any atom is -0.478 e. The zero-order chi connectivity index (χ0) is 18.8. The third-order valence-corrected chi connectivity index (χ3v) is 4.41. The topological polar surface area (TPSA) is 66.0 Å². The largest absolute Gasteiger partial charge is 0.478 e. The summed E-state index contributed by atoms with van der Waals surface area (Å²) < 4.78 is 13.5. The van der Waals surface area contributed by atoms with Crippen LogP contribution in [0, 0.1) is 5.82 Å². The molecule has 0 spiro atoms. The first-order valence-corrected chi connectivity index (χ1v) is 8.35. The van der Waals surface area contributed by atoms with Gasteiger partial charge in [0.2, 0.25) is 0 Å². The maximum Gasteiger partial charge on any atom is 0.337 e. The quantitative estimate of drug-likeness (QED) is 0.524. The van der Waals surface area contributed by atoms with Crippen molar-refractivity contribution in [3.05, 3.63) is 90.6 Å². The fourth-order valence-electron chi connectivity index (χ4n) is 3.15. The summed E-state index contributed by atoms with van der Waals surface area (Å²) >= 11 is 0. The van der Waals surface area contributed by atoms with Crippen molar-refractivity contribution in [3.8, 4) is 33.5 Å². The number of pyridine rings is 1. The van der Waals surface area contributed by atoms with Crippen LogP contribution in [-0.2, 0) is 0 Å². The van der Waals surface area contributed by atoms with Crippen LogP contribution in [0.2, 0.25) is 0 Å². The van der Waals surface area contributed by atoms with Gasteiger partial charge in [-0.1, -0.05) is 30.3 Å². The highest BCUT2D eigenvalue weighted by molar-refractivity contribution is 5.95. The standard InChI is InChI=1S/C22H15FN2O2/c23-17-6-4-15(5-7-17)21-18(14-8-10-24-11-9-14)2-1-3-19(21)20-12-16(13-25-20)22(26)27/h1-13,25H,(H,26,27). The van der Waals surface area contributed by atoms with E-state index in [-0.39, 0.29) is 11.4 Å². The molecule has 4 aromatic rings. The van der Waals surface area contributed by atoms with Crippen LogP contribution in [-0.4, -0.2) is 21.0 Å². The number of rotatable bonds is 4. The molecule has 2 aromatic carbocycles. The molecule has 0 saturated heterocycles. The average molecular weight is 358 g/mol. The van der Waals surface area contributed by atoms with E-state index >= 15 is 0 Å². The van der Waals surface area contributed by atoms with Crippen molar-refractivity contribution in [2.24, 2.45) is 0 Å². The summed E-state index contributed by atoms with van der Waals surface area (Å²) in [5.74, 6) is -1.30. The minimum atomic E-state index is -0.994. The Morgan fingerprint density at radius 1 is 0.926 bits per heavy atom. The molecule has 0 amide bonds. The molecule has 0 aliphatic rings. The number of hydrogen-bond acceptors (Lipinski definition) is 2. The molecule has 2 aromatic heterocycles. The Morgan fingerprint density at radius 3 is 2.30 bits per heavy atom. The van der Waals surface area contributed by atoms with Crippen molar-refractivity contribution in [1.82, 2.24) is 9.97 Å². The van der Waals surface area contributed by atoms with E-state index in [9.17, 15) is 14.3 Å². The third-order valence-electron chi connectivity index (χ3n) is 4.41. The first-order chi connectivity index (χ1) is 13.1. The molecule has 0 saturated carbocycles. The van der Waals surface area contributed by atoms with Crippen LogP contribution in [0.3, 0.4) is 0 Å². The monoisotopic (exact) mass is 358 g/mol. The zero-order valence-corrected chi connectivity index (χ0v) is 14.2. The highest BCUT2D eigenvalue weighted by Crippen LogP contribution is 2.39. The van der Waals surface area contributed by atoms with Crippen molar-refractivity contribution >= 4 is 5.97 Å². The smallest absolute Gasteiger partial charge is 0.337 e. The number of nitrogens with one attached hydrogen (secondary N) is 1. The van der Waals surface area contributed by atoms with E-state index in [1.807, 2.05) is 30.3 Å². The van der Waals surface area contributed by atoms with Gasteiger partial charge >= 0.3 is 5.97 Å². The molecule has 4 nitrogen and oxygen atoms in total. The van der Waals surface area contributed by atoms with Gasteiger partial charge in [0, 0.05) is 29.8 Å². The van der Waals surface area contributed by atoms with Crippen LogP contribution >= 0.6 is 0 Å². The fraction of sp³-hybridized carbons (Fsp3) is 0. The van der Waals surface area contributed by atoms with Crippen molar-refractivity contribution in [2.45, 2.75) is 0 Å². The number of benzene rings is 2. The Morgan fingerprint density at radius 2 is 1.63 bits per heavy atom. The van der Waals surface area contributed by atoms with E-state index in [0.29, 0.717) is 5.69 Å². The van der Waals surface area contributed by atoms with E-state index in [2.05, 4.69) is 9.97 Å². The first-order valence-electron chi connectivity index (χ1n) is 8.35. The highest BCUT2D eigenvalue weighted by atomic mass is 19.1. The Balaban J connectivity index is 1.98. The van der Waals surface area contributed by atoms with E-state index in [1.54, 1.807) is 30.6 Å². The lowest BCUT2D eigenvalue weighted by Gasteiger charge is -2.15. The average Bonchev–Trinajstić information content (AvgIpc) is 3.19. The van der Waals surface area contributed by atoms with Gasteiger partial charge in [0.05, 0.1) is 5.56 Å². The zero-order valence-electron chi connectivity index (χ0n) is 14.2. The minimum absolute atomic E-state index is 0.185. The number of aromatic nitrogens is 2. The lowest BCUT2D eigenvalue weighted by molar-refractivity contribution is 0.0697. The van der Waals surface area contributed by atoms with Gasteiger partial charge < -0.3 is 10.1 Å². The van der Waals surface area contributed by atoms with Gasteiger partial charge in [-0.25, -0.2) is 9.18 Å². The predicted octanol–water partition coefficient (Wildman–Crippen LogP) is 5.25. The predicted molar refractivity (Wildman–Crippen MR) is 102 cm³/mol. The molecule has 27 heavy (non-hydrogen) atoms. The second-order valence-electron chi connectivity index (χ2n) is 6.08. The second-order valence-corrected chi connectivity index (χ2v) is 6.08. The molecule has 0 unspecified atom stereocenters. The molecule has 0 atom stereocenters. The SMILES string of the molecule is O=C(O)c1c[nH]c(-c2cccc(-c3ccncc3)c2-c2ccc(F)cc2)c1. The Labute approximate surface area is 155 Å². The number of carbonyl (C=O) groups is 1. The third kappa shape index (κ3) is 3.22. The van der Waals surface area contributed by atoms with Crippen LogP contribution < -0.4 is 0 Å². The lowest BCUT2D eigenvalue weighted by atomic mass is 9.89. The highest BCUT2D eigenvalue weighted by Gasteiger charge is 2.16. The van der Waals surface area contributed by atoms with E-state index in [1.165, 1.54) is 18.3 Å². The maximum atomic E-state index is 13.5. The first kappa shape index (κ1) is 16.7. The molecule has 132 valence electrons.